The van der Waals surface area contributed by atoms with Crippen LogP contribution in [0.15, 0.2) is 30.3 Å². The highest BCUT2D eigenvalue weighted by Gasteiger charge is 2.73. The Balaban J connectivity index is 1.77. The highest BCUT2D eigenvalue weighted by Crippen LogP contribution is 2.59. The minimum Gasteiger partial charge on any atom is -0.459 e. The van der Waals surface area contributed by atoms with E-state index in [2.05, 4.69) is 20.1 Å². The van der Waals surface area contributed by atoms with Gasteiger partial charge in [-0.3, -0.25) is 8.98 Å². The van der Waals surface area contributed by atoms with Gasteiger partial charge in [0, 0.05) is 4.75 Å². The van der Waals surface area contributed by atoms with Gasteiger partial charge in [0.1, 0.15) is 24.1 Å². The van der Waals surface area contributed by atoms with Crippen LogP contribution in [0.4, 0.5) is 13.2 Å². The number of carbonyl (C=O) groups is 2. The Morgan fingerprint density at radius 1 is 1.29 bits per heavy atom. The zero-order valence-corrected chi connectivity index (χ0v) is 19.8. The Morgan fingerprint density at radius 2 is 1.87 bits per heavy atom. The van der Waals surface area contributed by atoms with Crippen LogP contribution >= 0.6 is 27.7 Å². The predicted octanol–water partition coefficient (Wildman–Crippen LogP) is 3.18. The molecule has 0 aromatic heterocycles. The summed E-state index contributed by atoms with van der Waals surface area (Å²) in [4.78, 5) is 26.9. The molecule has 2 aliphatic heterocycles. The highest BCUT2D eigenvalue weighted by atomic mass is 79.9. The SMILES string of the molecule is CC(OS(=O)(=O)C(F)(F)F)[C@@]1(Br)C(=O)N2[C@@H](C(=O)OCc3ccccc3)C(C)(C)S[C@@H]21. The second kappa shape index (κ2) is 7.92. The van der Waals surface area contributed by atoms with Crippen molar-refractivity contribution in [3.05, 3.63) is 35.9 Å². The summed E-state index contributed by atoms with van der Waals surface area (Å²) in [5, 5.41) is -0.831. The first-order valence-electron chi connectivity index (χ1n) is 9.02. The summed E-state index contributed by atoms with van der Waals surface area (Å²) < 4.78 is 67.9. The summed E-state index contributed by atoms with van der Waals surface area (Å²) in [6.45, 7) is 4.44. The van der Waals surface area contributed by atoms with Crippen LogP contribution in [0.1, 0.15) is 26.3 Å². The highest BCUT2D eigenvalue weighted by molar-refractivity contribution is 9.10. The average molecular weight is 546 g/mol. The number of fused-ring (bicyclic) bond motifs is 1. The molecular formula is C18H19BrF3NO6S2. The third-order valence-corrected chi connectivity index (χ3v) is 9.60. The van der Waals surface area contributed by atoms with Crippen LogP contribution in [0, 0.1) is 0 Å². The van der Waals surface area contributed by atoms with Crippen molar-refractivity contribution in [2.24, 2.45) is 0 Å². The summed E-state index contributed by atoms with van der Waals surface area (Å²) in [5.74, 6) is -1.41. The van der Waals surface area contributed by atoms with E-state index in [1.165, 1.54) is 4.90 Å². The molecule has 1 aromatic rings. The van der Waals surface area contributed by atoms with Crippen molar-refractivity contribution in [1.29, 1.82) is 0 Å². The normalized spacial score (nSPS) is 28.6. The van der Waals surface area contributed by atoms with Gasteiger partial charge in [-0.15, -0.1) is 11.8 Å². The first kappa shape index (κ1) is 24.3. The molecule has 0 N–H and O–H groups in total. The van der Waals surface area contributed by atoms with Gasteiger partial charge in [0.05, 0.1) is 0 Å². The van der Waals surface area contributed by atoms with E-state index in [1.54, 1.807) is 38.1 Å². The molecule has 2 aliphatic rings. The van der Waals surface area contributed by atoms with Crippen molar-refractivity contribution >= 4 is 49.7 Å². The van der Waals surface area contributed by atoms with Crippen LogP contribution in [0.25, 0.3) is 0 Å². The molecule has 172 valence electrons. The van der Waals surface area contributed by atoms with Crippen molar-refractivity contribution in [3.8, 4) is 0 Å². The molecule has 0 radical (unpaired) electrons. The largest absolute Gasteiger partial charge is 0.523 e. The minimum absolute atomic E-state index is 0.00753. The van der Waals surface area contributed by atoms with E-state index in [-0.39, 0.29) is 6.61 Å². The molecule has 0 aliphatic carbocycles. The second-order valence-electron chi connectivity index (χ2n) is 7.69. The molecule has 0 spiro atoms. The van der Waals surface area contributed by atoms with Crippen molar-refractivity contribution in [3.63, 3.8) is 0 Å². The molecule has 13 heteroatoms. The van der Waals surface area contributed by atoms with E-state index in [0.717, 1.165) is 24.2 Å². The van der Waals surface area contributed by atoms with Gasteiger partial charge in [0.2, 0.25) is 5.91 Å². The van der Waals surface area contributed by atoms with E-state index in [0.29, 0.717) is 0 Å². The summed E-state index contributed by atoms with van der Waals surface area (Å²) >= 11 is 4.26. The molecule has 31 heavy (non-hydrogen) atoms. The number of amides is 1. The number of ether oxygens (including phenoxy) is 1. The van der Waals surface area contributed by atoms with Crippen LogP contribution in [0.5, 0.6) is 0 Å². The number of benzene rings is 1. The van der Waals surface area contributed by atoms with Crippen molar-refractivity contribution in [2.45, 2.75) is 59.5 Å². The molecule has 7 nitrogen and oxygen atoms in total. The molecule has 0 bridgehead atoms. The number of nitrogens with zero attached hydrogens (tertiary/aromatic N) is 1. The van der Waals surface area contributed by atoms with Crippen molar-refractivity contribution in [2.75, 3.05) is 0 Å². The van der Waals surface area contributed by atoms with E-state index in [1.807, 2.05) is 6.07 Å². The monoisotopic (exact) mass is 545 g/mol. The quantitative estimate of drug-likeness (QED) is 0.178. The van der Waals surface area contributed by atoms with Crippen LogP contribution in [0.3, 0.4) is 0 Å². The van der Waals surface area contributed by atoms with Gasteiger partial charge in [-0.25, -0.2) is 4.79 Å². The lowest BCUT2D eigenvalue weighted by Crippen LogP contribution is -2.74. The summed E-state index contributed by atoms with van der Waals surface area (Å²) in [5.41, 5.74) is -4.87. The molecule has 1 amide bonds. The molecule has 2 fully saturated rings. The number of hydrogen-bond donors (Lipinski definition) is 0. The Labute approximate surface area is 189 Å². The number of β-lactam (4-membered cyclic amide) rings is 1. The number of thioether (sulfide) groups is 1. The molecule has 4 atom stereocenters. The minimum atomic E-state index is -5.91. The molecule has 3 rings (SSSR count). The molecule has 1 aromatic carbocycles. The third-order valence-electron chi connectivity index (χ3n) is 5.12. The first-order chi connectivity index (χ1) is 14.1. The number of carbonyl (C=O) groups excluding carboxylic acids is 2. The molecule has 2 saturated heterocycles. The Bertz CT molecular complexity index is 988. The second-order valence-corrected chi connectivity index (χ2v) is 12.3. The van der Waals surface area contributed by atoms with Crippen LogP contribution in [-0.4, -0.2) is 57.3 Å². The smallest absolute Gasteiger partial charge is 0.459 e. The fraction of sp³-hybridized carbons (Fsp3) is 0.556. The van der Waals surface area contributed by atoms with Gasteiger partial charge < -0.3 is 9.64 Å². The first-order valence-corrected chi connectivity index (χ1v) is 12.1. The number of rotatable bonds is 6. The number of esters is 1. The van der Waals surface area contributed by atoms with Crippen molar-refractivity contribution < 1.29 is 40.1 Å². The van der Waals surface area contributed by atoms with Crippen molar-refractivity contribution in [1.82, 2.24) is 4.90 Å². The Kier molecular flexibility index (Phi) is 6.22. The fourth-order valence-electron chi connectivity index (χ4n) is 3.52. The molecule has 1 unspecified atom stereocenters. The van der Waals surface area contributed by atoms with Crippen LogP contribution in [-0.2, 0) is 35.2 Å². The molecule has 2 heterocycles. The predicted molar refractivity (Wildman–Crippen MR) is 110 cm³/mol. The fourth-order valence-corrected chi connectivity index (χ4v) is 6.80. The maximum atomic E-state index is 12.9. The Hall–Kier alpha value is -1.31. The van der Waals surface area contributed by atoms with Gasteiger partial charge in [-0.2, -0.15) is 21.6 Å². The van der Waals surface area contributed by atoms with Gasteiger partial charge in [0.15, 0.2) is 4.32 Å². The summed E-state index contributed by atoms with van der Waals surface area (Å²) in [7, 11) is -5.91. The number of halogens is 4. The standard InChI is InChI=1S/C18H19BrF3NO6S2/c1-10(29-31(26,27)18(20,21)22)17(19)14(25)23-12(16(2,3)30-15(17)23)13(24)28-9-11-7-5-4-6-8-11/h4-8,10,12,15H,9H2,1-3H3/t10?,12-,15+,17+/m0/s1. The van der Waals surface area contributed by atoms with Gasteiger partial charge in [0.25, 0.3) is 0 Å². The number of alkyl halides is 4. The van der Waals surface area contributed by atoms with Gasteiger partial charge in [-0.05, 0) is 26.3 Å². The summed E-state index contributed by atoms with van der Waals surface area (Å²) in [6, 6.07) is 7.90. The Morgan fingerprint density at radius 3 is 2.42 bits per heavy atom. The van der Waals surface area contributed by atoms with Crippen LogP contribution < -0.4 is 0 Å². The lowest BCUT2D eigenvalue weighted by atomic mass is 9.88. The number of hydrogen-bond acceptors (Lipinski definition) is 7. The maximum Gasteiger partial charge on any atom is 0.523 e. The zero-order valence-electron chi connectivity index (χ0n) is 16.6. The van der Waals surface area contributed by atoms with E-state index >= 15 is 0 Å². The topological polar surface area (TPSA) is 90.0 Å². The maximum absolute atomic E-state index is 12.9. The molecule has 0 saturated carbocycles. The van der Waals surface area contributed by atoms with Gasteiger partial charge >= 0.3 is 21.6 Å². The van der Waals surface area contributed by atoms with Gasteiger partial charge in [-0.1, -0.05) is 46.3 Å². The molecular weight excluding hydrogens is 527 g/mol. The van der Waals surface area contributed by atoms with E-state index in [9.17, 15) is 31.2 Å². The summed E-state index contributed by atoms with van der Waals surface area (Å²) in [6.07, 6.45) is -1.67. The lowest BCUT2D eigenvalue weighted by Gasteiger charge is -2.51. The third kappa shape index (κ3) is 4.09. The lowest BCUT2D eigenvalue weighted by molar-refractivity contribution is -0.167. The van der Waals surface area contributed by atoms with E-state index < -0.39 is 54.1 Å². The van der Waals surface area contributed by atoms with Crippen LogP contribution in [0.2, 0.25) is 0 Å². The average Bonchev–Trinajstić information content (AvgIpc) is 2.94. The zero-order chi connectivity index (χ0) is 23.4. The van der Waals surface area contributed by atoms with E-state index in [4.69, 9.17) is 4.74 Å².